The van der Waals surface area contributed by atoms with Crippen LogP contribution >= 0.6 is 0 Å². The standard InChI is InChI=1S/C17H22N4O4/c1-13(12-19-7-9-20(10-8-19)14(2)22)11-18-17(23)15-3-5-16(6-4-15)21(24)25/h3-6H,1,7-12H2,2H3,(H,18,23). The van der Waals surface area contributed by atoms with Crippen LogP contribution in [0.1, 0.15) is 17.3 Å². The summed E-state index contributed by atoms with van der Waals surface area (Å²) in [6.45, 7) is 9.53. The number of hydrogen-bond acceptors (Lipinski definition) is 5. The van der Waals surface area contributed by atoms with Crippen molar-refractivity contribution in [2.75, 3.05) is 39.3 Å². The first-order valence-electron chi connectivity index (χ1n) is 8.04. The van der Waals surface area contributed by atoms with Gasteiger partial charge in [-0.1, -0.05) is 6.58 Å². The molecule has 0 spiro atoms. The van der Waals surface area contributed by atoms with Crippen molar-refractivity contribution in [2.24, 2.45) is 0 Å². The molecule has 1 aromatic rings. The molecule has 0 bridgehead atoms. The minimum Gasteiger partial charge on any atom is -0.348 e. The van der Waals surface area contributed by atoms with Gasteiger partial charge in [-0.05, 0) is 17.7 Å². The Morgan fingerprint density at radius 2 is 1.80 bits per heavy atom. The van der Waals surface area contributed by atoms with Crippen molar-refractivity contribution in [1.82, 2.24) is 15.1 Å². The summed E-state index contributed by atoms with van der Waals surface area (Å²) in [6.07, 6.45) is 0. The molecule has 2 rings (SSSR count). The molecule has 0 unspecified atom stereocenters. The van der Waals surface area contributed by atoms with Crippen LogP contribution in [0, 0.1) is 10.1 Å². The fourth-order valence-electron chi connectivity index (χ4n) is 2.63. The fourth-order valence-corrected chi connectivity index (χ4v) is 2.63. The minimum atomic E-state index is -0.505. The Morgan fingerprint density at radius 1 is 1.20 bits per heavy atom. The third-order valence-corrected chi connectivity index (χ3v) is 4.10. The van der Waals surface area contributed by atoms with Gasteiger partial charge in [0.2, 0.25) is 5.91 Å². The quantitative estimate of drug-likeness (QED) is 0.472. The number of carbonyl (C=O) groups excluding carboxylic acids is 2. The van der Waals surface area contributed by atoms with E-state index in [1.165, 1.54) is 24.3 Å². The highest BCUT2D eigenvalue weighted by Crippen LogP contribution is 2.12. The number of nitrogens with zero attached hydrogens (tertiary/aromatic N) is 3. The number of non-ortho nitro benzene ring substituents is 1. The van der Waals surface area contributed by atoms with E-state index in [1.54, 1.807) is 6.92 Å². The van der Waals surface area contributed by atoms with Crippen LogP contribution in [0.3, 0.4) is 0 Å². The van der Waals surface area contributed by atoms with Crippen molar-refractivity contribution in [3.63, 3.8) is 0 Å². The van der Waals surface area contributed by atoms with Crippen LogP contribution in [0.25, 0.3) is 0 Å². The molecule has 2 amide bonds. The lowest BCUT2D eigenvalue weighted by Crippen LogP contribution is -2.48. The van der Waals surface area contributed by atoms with E-state index in [0.29, 0.717) is 31.7 Å². The normalized spacial score (nSPS) is 14.8. The molecular formula is C17H22N4O4. The Morgan fingerprint density at radius 3 is 2.32 bits per heavy atom. The van der Waals surface area contributed by atoms with Crippen LogP contribution in [0.2, 0.25) is 0 Å². The Kier molecular flexibility index (Phi) is 6.24. The number of nitrogens with one attached hydrogen (secondary N) is 1. The summed E-state index contributed by atoms with van der Waals surface area (Å²) in [6, 6.07) is 5.46. The maximum absolute atomic E-state index is 12.1. The first-order valence-corrected chi connectivity index (χ1v) is 8.04. The average molecular weight is 346 g/mol. The number of benzene rings is 1. The molecular weight excluding hydrogens is 324 g/mol. The van der Waals surface area contributed by atoms with Crippen LogP contribution in [0.5, 0.6) is 0 Å². The highest BCUT2D eigenvalue weighted by Gasteiger charge is 2.19. The van der Waals surface area contributed by atoms with E-state index in [9.17, 15) is 19.7 Å². The van der Waals surface area contributed by atoms with Crippen molar-refractivity contribution in [1.29, 1.82) is 0 Å². The molecule has 0 aliphatic carbocycles. The highest BCUT2D eigenvalue weighted by atomic mass is 16.6. The molecule has 1 saturated heterocycles. The summed E-state index contributed by atoms with van der Waals surface area (Å²) in [5.41, 5.74) is 1.19. The lowest BCUT2D eigenvalue weighted by molar-refractivity contribution is -0.384. The zero-order valence-electron chi connectivity index (χ0n) is 14.2. The van der Waals surface area contributed by atoms with Gasteiger partial charge < -0.3 is 10.2 Å². The molecule has 1 N–H and O–H groups in total. The second-order valence-electron chi connectivity index (χ2n) is 6.02. The van der Waals surface area contributed by atoms with E-state index in [2.05, 4.69) is 16.8 Å². The lowest BCUT2D eigenvalue weighted by atomic mass is 10.2. The van der Waals surface area contributed by atoms with Gasteiger partial charge in [-0.3, -0.25) is 24.6 Å². The molecule has 8 nitrogen and oxygen atoms in total. The summed E-state index contributed by atoms with van der Waals surface area (Å²) in [4.78, 5) is 37.5. The van der Waals surface area contributed by atoms with Crippen molar-refractivity contribution in [3.8, 4) is 0 Å². The molecule has 1 fully saturated rings. The van der Waals surface area contributed by atoms with Gasteiger partial charge >= 0.3 is 0 Å². The molecule has 1 aliphatic rings. The van der Waals surface area contributed by atoms with Crippen LogP contribution in [-0.2, 0) is 4.79 Å². The third-order valence-electron chi connectivity index (χ3n) is 4.10. The summed E-state index contributed by atoms with van der Waals surface area (Å²) in [5.74, 6) is -0.203. The predicted molar refractivity (Wildman–Crippen MR) is 93.3 cm³/mol. The number of piperazine rings is 1. The molecule has 0 saturated carbocycles. The fraction of sp³-hybridized carbons (Fsp3) is 0.412. The van der Waals surface area contributed by atoms with E-state index in [0.717, 1.165) is 18.7 Å². The first-order chi connectivity index (χ1) is 11.9. The van der Waals surface area contributed by atoms with Crippen molar-refractivity contribution in [2.45, 2.75) is 6.92 Å². The molecule has 1 aromatic carbocycles. The molecule has 25 heavy (non-hydrogen) atoms. The molecule has 0 radical (unpaired) electrons. The first kappa shape index (κ1) is 18.6. The maximum Gasteiger partial charge on any atom is 0.269 e. The van der Waals surface area contributed by atoms with Crippen molar-refractivity contribution in [3.05, 3.63) is 52.1 Å². The van der Waals surface area contributed by atoms with Crippen LogP contribution in [0.15, 0.2) is 36.4 Å². The smallest absolute Gasteiger partial charge is 0.269 e. The van der Waals surface area contributed by atoms with Crippen molar-refractivity contribution < 1.29 is 14.5 Å². The Bertz CT molecular complexity index is 664. The summed E-state index contributed by atoms with van der Waals surface area (Å²) in [7, 11) is 0. The van der Waals surface area contributed by atoms with E-state index >= 15 is 0 Å². The Hall–Kier alpha value is -2.74. The zero-order chi connectivity index (χ0) is 18.4. The van der Waals surface area contributed by atoms with E-state index in [-0.39, 0.29) is 17.5 Å². The number of hydrogen-bond donors (Lipinski definition) is 1. The third kappa shape index (κ3) is 5.39. The summed E-state index contributed by atoms with van der Waals surface area (Å²) >= 11 is 0. The number of nitro benzene ring substituents is 1. The molecule has 8 heteroatoms. The minimum absolute atomic E-state index is 0.0503. The molecule has 134 valence electrons. The SMILES string of the molecule is C=C(CNC(=O)c1ccc([N+](=O)[O-])cc1)CN1CCN(C(C)=O)CC1. The maximum atomic E-state index is 12.1. The van der Waals surface area contributed by atoms with Gasteiger partial charge in [0.25, 0.3) is 11.6 Å². The largest absolute Gasteiger partial charge is 0.348 e. The summed E-state index contributed by atoms with van der Waals surface area (Å²) in [5, 5.41) is 13.4. The van der Waals surface area contributed by atoms with Gasteiger partial charge in [-0.2, -0.15) is 0 Å². The average Bonchev–Trinajstić information content (AvgIpc) is 2.60. The lowest BCUT2D eigenvalue weighted by Gasteiger charge is -2.34. The Labute approximate surface area is 146 Å². The van der Waals surface area contributed by atoms with Gasteiger partial charge in [-0.25, -0.2) is 0 Å². The van der Waals surface area contributed by atoms with E-state index in [4.69, 9.17) is 0 Å². The van der Waals surface area contributed by atoms with Crippen LogP contribution in [-0.4, -0.2) is 65.8 Å². The predicted octanol–water partition coefficient (Wildman–Crippen LogP) is 1.04. The molecule has 1 heterocycles. The van der Waals surface area contributed by atoms with Gasteiger partial charge in [-0.15, -0.1) is 0 Å². The van der Waals surface area contributed by atoms with E-state index in [1.807, 2.05) is 4.90 Å². The topological polar surface area (TPSA) is 95.8 Å². The van der Waals surface area contributed by atoms with Crippen LogP contribution < -0.4 is 5.32 Å². The molecule has 0 atom stereocenters. The van der Waals surface area contributed by atoms with Crippen LogP contribution in [0.4, 0.5) is 5.69 Å². The molecule has 0 aromatic heterocycles. The number of nitro groups is 1. The highest BCUT2D eigenvalue weighted by molar-refractivity contribution is 5.94. The second-order valence-corrected chi connectivity index (χ2v) is 6.02. The Balaban J connectivity index is 1.75. The van der Waals surface area contributed by atoms with E-state index < -0.39 is 4.92 Å². The molecule has 1 aliphatic heterocycles. The van der Waals surface area contributed by atoms with Gasteiger partial charge in [0.1, 0.15) is 0 Å². The van der Waals surface area contributed by atoms with Crippen molar-refractivity contribution >= 4 is 17.5 Å². The number of amides is 2. The summed E-state index contributed by atoms with van der Waals surface area (Å²) < 4.78 is 0. The van der Waals surface area contributed by atoms with Gasteiger partial charge in [0, 0.05) is 63.9 Å². The monoisotopic (exact) mass is 346 g/mol. The number of carbonyl (C=O) groups is 2. The zero-order valence-corrected chi connectivity index (χ0v) is 14.2. The van der Waals surface area contributed by atoms with Gasteiger partial charge in [0.05, 0.1) is 4.92 Å². The second kappa shape index (κ2) is 8.39. The van der Waals surface area contributed by atoms with Gasteiger partial charge in [0.15, 0.2) is 0 Å². The number of rotatable bonds is 6.